The molecule has 1 amide bonds. The van der Waals surface area contributed by atoms with Crippen LogP contribution in [0.3, 0.4) is 0 Å². The first-order chi connectivity index (χ1) is 8.19. The molecule has 0 heterocycles. The lowest BCUT2D eigenvalue weighted by Gasteiger charge is -2.05. The third-order valence-corrected chi connectivity index (χ3v) is 2.30. The van der Waals surface area contributed by atoms with Gasteiger partial charge in [-0.3, -0.25) is 4.79 Å². The van der Waals surface area contributed by atoms with Gasteiger partial charge in [-0.05, 0) is 5.56 Å². The van der Waals surface area contributed by atoms with Crippen LogP contribution in [0.2, 0.25) is 0 Å². The quantitative estimate of drug-likeness (QED) is 0.371. The maximum atomic E-state index is 11.5. The van der Waals surface area contributed by atoms with Crippen molar-refractivity contribution in [2.45, 2.75) is 6.54 Å². The van der Waals surface area contributed by atoms with Crippen LogP contribution in [0.1, 0.15) is 5.56 Å². The molecule has 0 aliphatic carbocycles. The number of aliphatic hydroxyl groups is 1. The van der Waals surface area contributed by atoms with Crippen molar-refractivity contribution in [1.29, 1.82) is 5.26 Å². The summed E-state index contributed by atoms with van der Waals surface area (Å²) < 4.78 is 0. The molecular weight excluding hydrogens is 240 g/mol. The minimum Gasteiger partial charge on any atom is -0.509 e. The molecule has 0 aliphatic heterocycles. The van der Waals surface area contributed by atoms with Gasteiger partial charge in [0.1, 0.15) is 11.8 Å². The molecule has 0 aromatic heterocycles. The standard InChI is InChI=1S/C12H11ClN2O2/c13-6-11(16)10(7-14)12(17)15-8-9-4-2-1-3-5-9/h1-5,16H,6,8H2,(H,15,17)/b11-10-. The number of nitrogens with one attached hydrogen (secondary N) is 1. The fourth-order valence-corrected chi connectivity index (χ4v) is 1.31. The zero-order valence-electron chi connectivity index (χ0n) is 8.98. The maximum Gasteiger partial charge on any atom is 0.265 e. The molecule has 17 heavy (non-hydrogen) atoms. The molecule has 0 radical (unpaired) electrons. The van der Waals surface area contributed by atoms with Gasteiger partial charge in [-0.25, -0.2) is 0 Å². The molecular formula is C12H11ClN2O2. The van der Waals surface area contributed by atoms with Crippen LogP contribution in [0.4, 0.5) is 0 Å². The molecule has 0 unspecified atom stereocenters. The molecule has 1 aromatic carbocycles. The van der Waals surface area contributed by atoms with Crippen molar-refractivity contribution >= 4 is 17.5 Å². The molecule has 1 aromatic rings. The number of rotatable bonds is 4. The molecule has 1 rings (SSSR count). The second kappa shape index (κ2) is 6.56. The average molecular weight is 251 g/mol. The van der Waals surface area contributed by atoms with Gasteiger partial charge in [-0.15, -0.1) is 11.6 Å². The maximum absolute atomic E-state index is 11.5. The van der Waals surface area contributed by atoms with Gasteiger partial charge in [0.05, 0.1) is 5.88 Å². The Morgan fingerprint density at radius 1 is 1.41 bits per heavy atom. The number of carbonyl (C=O) groups is 1. The van der Waals surface area contributed by atoms with E-state index >= 15 is 0 Å². The summed E-state index contributed by atoms with van der Waals surface area (Å²) in [7, 11) is 0. The number of halogens is 1. The summed E-state index contributed by atoms with van der Waals surface area (Å²) in [4.78, 5) is 11.5. The van der Waals surface area contributed by atoms with E-state index in [0.717, 1.165) is 5.56 Å². The SMILES string of the molecule is N#C/C(C(=O)NCc1ccccc1)=C(/O)CCl. The Kier molecular flexibility index (Phi) is 5.05. The molecule has 4 nitrogen and oxygen atoms in total. The van der Waals surface area contributed by atoms with Crippen LogP contribution in [0.15, 0.2) is 41.7 Å². The van der Waals surface area contributed by atoms with Crippen molar-refractivity contribution in [2.75, 3.05) is 5.88 Å². The highest BCUT2D eigenvalue weighted by Gasteiger charge is 2.13. The topological polar surface area (TPSA) is 73.1 Å². The Hall–Kier alpha value is -1.99. The highest BCUT2D eigenvalue weighted by Crippen LogP contribution is 2.04. The smallest absolute Gasteiger partial charge is 0.265 e. The number of amides is 1. The van der Waals surface area contributed by atoms with E-state index in [4.69, 9.17) is 16.9 Å². The van der Waals surface area contributed by atoms with E-state index in [-0.39, 0.29) is 11.5 Å². The lowest BCUT2D eigenvalue weighted by molar-refractivity contribution is -0.117. The number of allylic oxidation sites excluding steroid dienone is 1. The highest BCUT2D eigenvalue weighted by atomic mass is 35.5. The molecule has 2 N–H and O–H groups in total. The van der Waals surface area contributed by atoms with Crippen LogP contribution >= 0.6 is 11.6 Å². The second-order valence-corrected chi connectivity index (χ2v) is 3.50. The largest absolute Gasteiger partial charge is 0.509 e. The van der Waals surface area contributed by atoms with Crippen molar-refractivity contribution in [3.8, 4) is 6.07 Å². The lowest BCUT2D eigenvalue weighted by Crippen LogP contribution is -2.25. The summed E-state index contributed by atoms with van der Waals surface area (Å²) in [5.74, 6) is -1.31. The van der Waals surface area contributed by atoms with Crippen LogP contribution in [-0.2, 0) is 11.3 Å². The van der Waals surface area contributed by atoms with E-state index in [1.54, 1.807) is 6.07 Å². The summed E-state index contributed by atoms with van der Waals surface area (Å²) in [5.41, 5.74) is 0.555. The van der Waals surface area contributed by atoms with Crippen LogP contribution in [0, 0.1) is 11.3 Å². The number of nitrogens with zero attached hydrogens (tertiary/aromatic N) is 1. The van der Waals surface area contributed by atoms with Crippen molar-refractivity contribution in [1.82, 2.24) is 5.32 Å². The molecule has 0 bridgehead atoms. The van der Waals surface area contributed by atoms with Crippen molar-refractivity contribution < 1.29 is 9.90 Å². The summed E-state index contributed by atoms with van der Waals surface area (Å²) >= 11 is 5.35. The predicted octanol–water partition coefficient (Wildman–Crippen LogP) is 1.88. The zero-order valence-corrected chi connectivity index (χ0v) is 9.74. The molecule has 0 saturated carbocycles. The summed E-state index contributed by atoms with van der Waals surface area (Å²) in [5, 5.41) is 20.5. The van der Waals surface area contributed by atoms with Gasteiger partial charge in [0.15, 0.2) is 5.57 Å². The molecule has 0 spiro atoms. The van der Waals surface area contributed by atoms with Gasteiger partial charge in [0.25, 0.3) is 5.91 Å². The lowest BCUT2D eigenvalue weighted by atomic mass is 10.2. The molecule has 5 heteroatoms. The van der Waals surface area contributed by atoms with Crippen molar-refractivity contribution in [2.24, 2.45) is 0 Å². The summed E-state index contributed by atoms with van der Waals surface area (Å²) in [6.07, 6.45) is 0. The highest BCUT2D eigenvalue weighted by molar-refractivity contribution is 6.19. The van der Waals surface area contributed by atoms with E-state index in [1.165, 1.54) is 0 Å². The molecule has 0 atom stereocenters. The molecule has 88 valence electrons. The van der Waals surface area contributed by atoms with Gasteiger partial charge in [0, 0.05) is 6.54 Å². The van der Waals surface area contributed by atoms with E-state index in [1.807, 2.05) is 30.3 Å². The van der Waals surface area contributed by atoms with E-state index in [9.17, 15) is 9.90 Å². The fraction of sp³-hybridized carbons (Fsp3) is 0.167. The summed E-state index contributed by atoms with van der Waals surface area (Å²) in [6, 6.07) is 10.9. The first-order valence-electron chi connectivity index (χ1n) is 4.89. The average Bonchev–Trinajstić information content (AvgIpc) is 2.38. The normalized spacial score (nSPS) is 11.3. The first kappa shape index (κ1) is 13.1. The van der Waals surface area contributed by atoms with Gasteiger partial charge in [0.2, 0.25) is 0 Å². The summed E-state index contributed by atoms with van der Waals surface area (Å²) in [6.45, 7) is 0.292. The van der Waals surface area contributed by atoms with E-state index in [2.05, 4.69) is 5.32 Å². The first-order valence-corrected chi connectivity index (χ1v) is 5.42. The van der Waals surface area contributed by atoms with Crippen LogP contribution < -0.4 is 5.32 Å². The number of aliphatic hydroxyl groups excluding tert-OH is 1. The number of alkyl halides is 1. The van der Waals surface area contributed by atoms with Gasteiger partial charge in [-0.2, -0.15) is 5.26 Å². The number of carbonyl (C=O) groups excluding carboxylic acids is 1. The number of hydrogen-bond donors (Lipinski definition) is 2. The van der Waals surface area contributed by atoms with Gasteiger partial charge in [-0.1, -0.05) is 30.3 Å². The third-order valence-electron chi connectivity index (χ3n) is 2.05. The molecule has 0 saturated heterocycles. The number of benzene rings is 1. The van der Waals surface area contributed by atoms with Crippen LogP contribution in [0.25, 0.3) is 0 Å². The Labute approximate surface area is 104 Å². The van der Waals surface area contributed by atoms with Crippen LogP contribution in [0.5, 0.6) is 0 Å². The Balaban J connectivity index is 2.65. The third kappa shape index (κ3) is 3.82. The number of nitriles is 1. The fourth-order valence-electron chi connectivity index (χ4n) is 1.18. The van der Waals surface area contributed by atoms with Crippen molar-refractivity contribution in [3.05, 3.63) is 47.2 Å². The number of hydrogen-bond acceptors (Lipinski definition) is 3. The molecule has 0 aliphatic rings. The van der Waals surface area contributed by atoms with Gasteiger partial charge >= 0.3 is 0 Å². The van der Waals surface area contributed by atoms with E-state index < -0.39 is 11.7 Å². The molecule has 0 fully saturated rings. The monoisotopic (exact) mass is 250 g/mol. The Morgan fingerprint density at radius 3 is 2.59 bits per heavy atom. The van der Waals surface area contributed by atoms with E-state index in [0.29, 0.717) is 6.54 Å². The minimum atomic E-state index is -0.630. The zero-order chi connectivity index (χ0) is 12.7. The van der Waals surface area contributed by atoms with Gasteiger partial charge < -0.3 is 10.4 Å². The Morgan fingerprint density at radius 2 is 2.06 bits per heavy atom. The van der Waals surface area contributed by atoms with Crippen LogP contribution in [-0.4, -0.2) is 16.9 Å². The predicted molar refractivity (Wildman–Crippen MR) is 64.3 cm³/mol. The Bertz CT molecular complexity index is 463. The second-order valence-electron chi connectivity index (χ2n) is 3.24. The minimum absolute atomic E-state index is 0.262. The van der Waals surface area contributed by atoms with Crippen molar-refractivity contribution in [3.63, 3.8) is 0 Å².